The zero-order valence-corrected chi connectivity index (χ0v) is 10.5. The van der Waals surface area contributed by atoms with Crippen molar-refractivity contribution in [2.45, 2.75) is 44.8 Å². The van der Waals surface area contributed by atoms with E-state index in [1.165, 1.54) is 18.6 Å². The maximum Gasteiger partial charge on any atom is 0.0641 e. The summed E-state index contributed by atoms with van der Waals surface area (Å²) < 4.78 is 5.68. The van der Waals surface area contributed by atoms with E-state index < -0.39 is 0 Å². The molecule has 2 nitrogen and oxygen atoms in total. The van der Waals surface area contributed by atoms with E-state index in [9.17, 15) is 0 Å². The van der Waals surface area contributed by atoms with Crippen molar-refractivity contribution in [3.05, 3.63) is 0 Å². The maximum absolute atomic E-state index is 5.68. The number of rotatable bonds is 5. The van der Waals surface area contributed by atoms with Crippen molar-refractivity contribution in [3.8, 4) is 0 Å². The molecule has 1 saturated heterocycles. The van der Waals surface area contributed by atoms with Crippen LogP contribution in [0.2, 0.25) is 0 Å². The molecule has 0 bridgehead atoms. The molecule has 1 aliphatic heterocycles. The first-order valence-electron chi connectivity index (χ1n) is 5.50. The van der Waals surface area contributed by atoms with Crippen LogP contribution in [0.3, 0.4) is 0 Å². The minimum absolute atomic E-state index is 0.0788. The second-order valence-electron chi connectivity index (χ2n) is 4.60. The van der Waals surface area contributed by atoms with Crippen LogP contribution in [0.25, 0.3) is 0 Å². The lowest BCUT2D eigenvalue weighted by Crippen LogP contribution is -2.44. The van der Waals surface area contributed by atoms with E-state index in [0.29, 0.717) is 6.04 Å². The van der Waals surface area contributed by atoms with Crippen LogP contribution >= 0.6 is 11.8 Å². The molecular formula is C11H23NOS. The van der Waals surface area contributed by atoms with Gasteiger partial charge >= 0.3 is 0 Å². The van der Waals surface area contributed by atoms with Crippen molar-refractivity contribution < 1.29 is 4.74 Å². The van der Waals surface area contributed by atoms with Gasteiger partial charge in [-0.15, -0.1) is 0 Å². The summed E-state index contributed by atoms with van der Waals surface area (Å²) in [5.41, 5.74) is 0.0788. The Kier molecular flexibility index (Phi) is 5.28. The number of thioether (sulfide) groups is 1. The van der Waals surface area contributed by atoms with Crippen LogP contribution in [0.4, 0.5) is 0 Å². The Morgan fingerprint density at radius 2 is 2.29 bits per heavy atom. The predicted octanol–water partition coefficient (Wildman–Crippen LogP) is 2.29. The summed E-state index contributed by atoms with van der Waals surface area (Å²) in [4.78, 5) is 0. The molecular weight excluding hydrogens is 194 g/mol. The van der Waals surface area contributed by atoms with E-state index in [4.69, 9.17) is 4.74 Å². The molecule has 1 unspecified atom stereocenters. The Bertz CT molecular complexity index is 161. The Morgan fingerprint density at radius 1 is 1.50 bits per heavy atom. The number of nitrogens with one attached hydrogen (secondary N) is 1. The van der Waals surface area contributed by atoms with Crippen LogP contribution in [0.1, 0.15) is 33.1 Å². The van der Waals surface area contributed by atoms with Gasteiger partial charge in [-0.2, -0.15) is 11.8 Å². The zero-order valence-electron chi connectivity index (χ0n) is 9.64. The summed E-state index contributed by atoms with van der Waals surface area (Å²) in [5, 5.41) is 3.62. The summed E-state index contributed by atoms with van der Waals surface area (Å²) in [6.45, 7) is 6.43. The highest BCUT2D eigenvalue weighted by atomic mass is 32.2. The maximum atomic E-state index is 5.68. The molecule has 1 heterocycles. The van der Waals surface area contributed by atoms with Gasteiger partial charge < -0.3 is 10.1 Å². The zero-order chi connectivity index (χ0) is 10.4. The Labute approximate surface area is 92.2 Å². The molecule has 84 valence electrons. The van der Waals surface area contributed by atoms with Crippen LogP contribution in [-0.4, -0.2) is 36.8 Å². The monoisotopic (exact) mass is 217 g/mol. The van der Waals surface area contributed by atoms with Gasteiger partial charge in [-0.1, -0.05) is 0 Å². The van der Waals surface area contributed by atoms with Gasteiger partial charge in [0.1, 0.15) is 0 Å². The van der Waals surface area contributed by atoms with Crippen LogP contribution in [-0.2, 0) is 4.74 Å². The van der Waals surface area contributed by atoms with Gasteiger partial charge in [0.15, 0.2) is 0 Å². The van der Waals surface area contributed by atoms with Crippen molar-refractivity contribution in [3.63, 3.8) is 0 Å². The molecule has 0 aromatic heterocycles. The smallest absolute Gasteiger partial charge is 0.0641 e. The van der Waals surface area contributed by atoms with Crippen molar-refractivity contribution in [1.82, 2.24) is 5.32 Å². The fourth-order valence-corrected chi connectivity index (χ4v) is 2.36. The van der Waals surface area contributed by atoms with E-state index in [1.807, 2.05) is 11.8 Å². The Hall–Kier alpha value is 0.270. The lowest BCUT2D eigenvalue weighted by molar-refractivity contribution is -0.0627. The molecule has 0 aliphatic carbocycles. The Balaban J connectivity index is 2.12. The average Bonchev–Trinajstić information content (AvgIpc) is 2.11. The van der Waals surface area contributed by atoms with Gasteiger partial charge in [-0.25, -0.2) is 0 Å². The standard InChI is InChI=1S/C11H23NOS/c1-11(2)9-10(5-7-13-11)12-6-4-8-14-3/h10,12H,4-9H2,1-3H3. The van der Waals surface area contributed by atoms with Gasteiger partial charge in [-0.3, -0.25) is 0 Å². The first-order valence-corrected chi connectivity index (χ1v) is 6.90. The van der Waals surface area contributed by atoms with Gasteiger partial charge in [-0.05, 0) is 51.7 Å². The number of hydrogen-bond donors (Lipinski definition) is 1. The second-order valence-corrected chi connectivity index (χ2v) is 5.58. The third-order valence-electron chi connectivity index (χ3n) is 2.66. The average molecular weight is 217 g/mol. The third kappa shape index (κ3) is 4.67. The van der Waals surface area contributed by atoms with Gasteiger partial charge in [0.25, 0.3) is 0 Å². The van der Waals surface area contributed by atoms with Crippen molar-refractivity contribution in [2.24, 2.45) is 0 Å². The molecule has 1 fully saturated rings. The fourth-order valence-electron chi connectivity index (χ4n) is 1.93. The lowest BCUT2D eigenvalue weighted by atomic mass is 9.94. The summed E-state index contributed by atoms with van der Waals surface area (Å²) in [6.07, 6.45) is 5.76. The molecule has 0 amide bonds. The van der Waals surface area contributed by atoms with Gasteiger partial charge in [0.2, 0.25) is 0 Å². The summed E-state index contributed by atoms with van der Waals surface area (Å²) in [5.74, 6) is 1.26. The summed E-state index contributed by atoms with van der Waals surface area (Å²) in [6, 6.07) is 0.667. The van der Waals surface area contributed by atoms with Crippen molar-refractivity contribution in [1.29, 1.82) is 0 Å². The third-order valence-corrected chi connectivity index (χ3v) is 3.35. The molecule has 0 aromatic carbocycles. The molecule has 14 heavy (non-hydrogen) atoms. The van der Waals surface area contributed by atoms with E-state index in [1.54, 1.807) is 0 Å². The van der Waals surface area contributed by atoms with Crippen LogP contribution in [0, 0.1) is 0 Å². The van der Waals surface area contributed by atoms with Gasteiger partial charge in [0.05, 0.1) is 5.60 Å². The highest BCUT2D eigenvalue weighted by molar-refractivity contribution is 7.98. The van der Waals surface area contributed by atoms with E-state index in [2.05, 4.69) is 25.4 Å². The SMILES string of the molecule is CSCCCNC1CCOC(C)(C)C1. The van der Waals surface area contributed by atoms with Crippen molar-refractivity contribution in [2.75, 3.05) is 25.2 Å². The van der Waals surface area contributed by atoms with E-state index in [-0.39, 0.29) is 5.60 Å². The Morgan fingerprint density at radius 3 is 2.93 bits per heavy atom. The summed E-state index contributed by atoms with van der Waals surface area (Å²) >= 11 is 1.92. The molecule has 0 saturated carbocycles. The quantitative estimate of drug-likeness (QED) is 0.714. The largest absolute Gasteiger partial charge is 0.375 e. The molecule has 1 N–H and O–H groups in total. The molecule has 1 rings (SSSR count). The van der Waals surface area contributed by atoms with Gasteiger partial charge in [0, 0.05) is 12.6 Å². The highest BCUT2D eigenvalue weighted by Gasteiger charge is 2.28. The van der Waals surface area contributed by atoms with Crippen LogP contribution in [0.15, 0.2) is 0 Å². The topological polar surface area (TPSA) is 21.3 Å². The first-order chi connectivity index (χ1) is 6.64. The minimum atomic E-state index is 0.0788. The predicted molar refractivity (Wildman–Crippen MR) is 64.1 cm³/mol. The molecule has 0 aromatic rings. The van der Waals surface area contributed by atoms with Crippen molar-refractivity contribution >= 4 is 11.8 Å². The van der Waals surface area contributed by atoms with E-state index in [0.717, 1.165) is 19.6 Å². The van der Waals surface area contributed by atoms with E-state index >= 15 is 0 Å². The molecule has 0 spiro atoms. The molecule has 0 radical (unpaired) electrons. The number of hydrogen-bond acceptors (Lipinski definition) is 3. The van der Waals surface area contributed by atoms with Crippen LogP contribution < -0.4 is 5.32 Å². The molecule has 3 heteroatoms. The highest BCUT2D eigenvalue weighted by Crippen LogP contribution is 2.23. The fraction of sp³-hybridized carbons (Fsp3) is 1.00. The lowest BCUT2D eigenvalue weighted by Gasteiger charge is -2.36. The number of ether oxygens (including phenoxy) is 1. The van der Waals surface area contributed by atoms with Crippen LogP contribution in [0.5, 0.6) is 0 Å². The first kappa shape index (κ1) is 12.3. The second kappa shape index (κ2) is 5.99. The molecule has 1 aliphatic rings. The normalized spacial score (nSPS) is 26.4. The molecule has 1 atom stereocenters. The summed E-state index contributed by atoms with van der Waals surface area (Å²) in [7, 11) is 0. The minimum Gasteiger partial charge on any atom is -0.375 e.